The van der Waals surface area contributed by atoms with Crippen LogP contribution in [0.15, 0.2) is 18.2 Å². The van der Waals surface area contributed by atoms with E-state index in [1.165, 1.54) is 5.67 Å². The highest BCUT2D eigenvalue weighted by molar-refractivity contribution is 6.92. The maximum Gasteiger partial charge on any atom is 0.184 e. The molecular weight excluding hydrogens is 299 g/mol. The minimum atomic E-state index is -1.59. The SMILES string of the molecule is C[Si](C)(C)C[Si](C)(C)OCc1ccc(Cl)cc1Cl. The number of halogens is 2. The normalized spacial score (nSPS) is 12.8. The predicted octanol–water partition coefficient (Wildman–Crippen LogP) is 5.59. The van der Waals surface area contributed by atoms with Crippen LogP contribution in [0.25, 0.3) is 0 Å². The van der Waals surface area contributed by atoms with Gasteiger partial charge in [-0.25, -0.2) is 0 Å². The lowest BCUT2D eigenvalue weighted by atomic mass is 10.2. The third-order valence-corrected chi connectivity index (χ3v) is 11.8. The molecule has 0 aliphatic carbocycles. The molecule has 0 unspecified atom stereocenters. The largest absolute Gasteiger partial charge is 0.413 e. The lowest BCUT2D eigenvalue weighted by Gasteiger charge is -2.29. The quantitative estimate of drug-likeness (QED) is 0.642. The summed E-state index contributed by atoms with van der Waals surface area (Å²) in [5.41, 5.74) is 2.29. The van der Waals surface area contributed by atoms with Crippen molar-refractivity contribution in [1.29, 1.82) is 0 Å². The lowest BCUT2D eigenvalue weighted by Crippen LogP contribution is -2.39. The van der Waals surface area contributed by atoms with Gasteiger partial charge in [0.05, 0.1) is 6.61 Å². The molecule has 0 N–H and O–H groups in total. The fourth-order valence-electron chi connectivity index (χ4n) is 2.24. The number of hydrogen-bond acceptors (Lipinski definition) is 1. The van der Waals surface area contributed by atoms with Gasteiger partial charge in [0.15, 0.2) is 8.32 Å². The van der Waals surface area contributed by atoms with E-state index >= 15 is 0 Å². The van der Waals surface area contributed by atoms with Gasteiger partial charge in [-0.3, -0.25) is 0 Å². The molecule has 0 radical (unpaired) electrons. The molecule has 0 saturated heterocycles. The van der Waals surface area contributed by atoms with Gasteiger partial charge >= 0.3 is 0 Å². The summed E-state index contributed by atoms with van der Waals surface area (Å²) in [6, 6.07) is 5.58. The van der Waals surface area contributed by atoms with Gasteiger partial charge in [-0.2, -0.15) is 0 Å². The molecular formula is C13H22Cl2OSi2. The Bertz CT molecular complexity index is 414. The highest BCUT2D eigenvalue weighted by atomic mass is 35.5. The Balaban J connectivity index is 2.64. The summed E-state index contributed by atoms with van der Waals surface area (Å²) in [7, 11) is -2.66. The molecule has 0 fully saturated rings. The predicted molar refractivity (Wildman–Crippen MR) is 86.9 cm³/mol. The summed E-state index contributed by atoms with van der Waals surface area (Å²) in [6.45, 7) is 12.3. The van der Waals surface area contributed by atoms with Crippen LogP contribution in [0.3, 0.4) is 0 Å². The van der Waals surface area contributed by atoms with Crippen LogP contribution < -0.4 is 0 Å². The second-order valence-electron chi connectivity index (χ2n) is 6.52. The summed E-state index contributed by atoms with van der Waals surface area (Å²) in [6.07, 6.45) is 0. The van der Waals surface area contributed by atoms with E-state index in [9.17, 15) is 0 Å². The van der Waals surface area contributed by atoms with Crippen molar-refractivity contribution < 1.29 is 4.43 Å². The molecule has 1 aromatic carbocycles. The van der Waals surface area contributed by atoms with Crippen molar-refractivity contribution in [3.8, 4) is 0 Å². The monoisotopic (exact) mass is 320 g/mol. The van der Waals surface area contributed by atoms with Gasteiger partial charge in [-0.1, -0.05) is 48.9 Å². The minimum Gasteiger partial charge on any atom is -0.413 e. The van der Waals surface area contributed by atoms with E-state index in [0.717, 1.165) is 5.56 Å². The Morgan fingerprint density at radius 3 is 2.17 bits per heavy atom. The Hall–Kier alpha value is 0.194. The Morgan fingerprint density at radius 1 is 1.06 bits per heavy atom. The number of hydrogen-bond donors (Lipinski definition) is 0. The standard InChI is InChI=1S/C13H22Cl2OSi2/c1-17(2,3)10-18(4,5)16-9-11-6-7-12(14)8-13(11)15/h6-8H,9-10H2,1-5H3. The van der Waals surface area contributed by atoms with E-state index in [1.807, 2.05) is 12.1 Å². The van der Waals surface area contributed by atoms with E-state index in [0.29, 0.717) is 16.7 Å². The van der Waals surface area contributed by atoms with Crippen molar-refractivity contribution in [2.45, 2.75) is 45.0 Å². The van der Waals surface area contributed by atoms with Gasteiger partial charge in [-0.15, -0.1) is 0 Å². The molecule has 0 atom stereocenters. The zero-order chi connectivity index (χ0) is 14.0. The van der Waals surface area contributed by atoms with Crippen molar-refractivity contribution in [3.05, 3.63) is 33.8 Å². The molecule has 0 aromatic heterocycles. The van der Waals surface area contributed by atoms with Crippen molar-refractivity contribution in [2.75, 3.05) is 0 Å². The average molecular weight is 321 g/mol. The van der Waals surface area contributed by atoms with Crippen LogP contribution in [0.2, 0.25) is 48.4 Å². The van der Waals surface area contributed by atoms with Crippen LogP contribution in [-0.2, 0) is 11.0 Å². The average Bonchev–Trinajstić information content (AvgIpc) is 2.12. The third-order valence-electron chi connectivity index (χ3n) is 2.59. The van der Waals surface area contributed by atoms with Crippen LogP contribution >= 0.6 is 23.2 Å². The van der Waals surface area contributed by atoms with Gasteiger partial charge in [0, 0.05) is 18.1 Å². The molecule has 0 spiro atoms. The third kappa shape index (κ3) is 5.89. The zero-order valence-electron chi connectivity index (χ0n) is 11.8. The molecule has 0 aliphatic rings. The first kappa shape index (κ1) is 16.2. The molecule has 5 heteroatoms. The Kier molecular flexibility index (Phi) is 5.50. The first-order valence-corrected chi connectivity index (χ1v) is 13.7. The fraction of sp³-hybridized carbons (Fsp3) is 0.538. The van der Waals surface area contributed by atoms with Crippen LogP contribution in [0.5, 0.6) is 0 Å². The summed E-state index contributed by atoms with van der Waals surface area (Å²) < 4.78 is 6.16. The molecule has 1 aromatic rings. The molecule has 1 nitrogen and oxygen atoms in total. The summed E-state index contributed by atoms with van der Waals surface area (Å²) in [4.78, 5) is 0. The van der Waals surface area contributed by atoms with E-state index in [4.69, 9.17) is 27.6 Å². The molecule has 1 rings (SSSR count). The Labute approximate surface area is 123 Å². The topological polar surface area (TPSA) is 9.23 Å². The number of benzene rings is 1. The van der Waals surface area contributed by atoms with Crippen LogP contribution in [0.4, 0.5) is 0 Å². The van der Waals surface area contributed by atoms with E-state index in [1.54, 1.807) is 6.07 Å². The van der Waals surface area contributed by atoms with E-state index in [2.05, 4.69) is 32.7 Å². The summed E-state index contributed by atoms with van der Waals surface area (Å²) >= 11 is 12.0. The van der Waals surface area contributed by atoms with Crippen molar-refractivity contribution in [1.82, 2.24) is 0 Å². The first-order valence-electron chi connectivity index (χ1n) is 6.17. The van der Waals surface area contributed by atoms with E-state index < -0.39 is 16.4 Å². The molecule has 18 heavy (non-hydrogen) atoms. The molecule has 0 amide bonds. The molecule has 0 saturated carbocycles. The second kappa shape index (κ2) is 6.10. The van der Waals surface area contributed by atoms with Gasteiger partial charge < -0.3 is 4.43 Å². The minimum absolute atomic E-state index is 0.597. The molecule has 102 valence electrons. The number of rotatable bonds is 5. The van der Waals surface area contributed by atoms with Crippen LogP contribution in [-0.4, -0.2) is 16.4 Å². The van der Waals surface area contributed by atoms with Crippen molar-refractivity contribution in [3.63, 3.8) is 0 Å². The first-order chi connectivity index (χ1) is 8.09. The molecule has 0 heterocycles. The fourth-order valence-corrected chi connectivity index (χ4v) is 13.9. The maximum atomic E-state index is 6.16. The van der Waals surface area contributed by atoms with Crippen LogP contribution in [0, 0.1) is 0 Å². The second-order valence-corrected chi connectivity index (χ2v) is 17.7. The highest BCUT2D eigenvalue weighted by Gasteiger charge is 2.30. The zero-order valence-corrected chi connectivity index (χ0v) is 15.3. The summed E-state index contributed by atoms with van der Waals surface area (Å²) in [5, 5.41) is 1.36. The lowest BCUT2D eigenvalue weighted by molar-refractivity contribution is 0.298. The van der Waals surface area contributed by atoms with Crippen LogP contribution in [0.1, 0.15) is 5.56 Å². The van der Waals surface area contributed by atoms with Gasteiger partial charge in [0.1, 0.15) is 0 Å². The Morgan fingerprint density at radius 2 is 1.67 bits per heavy atom. The van der Waals surface area contributed by atoms with Gasteiger partial charge in [0.2, 0.25) is 0 Å². The van der Waals surface area contributed by atoms with Crippen molar-refractivity contribution >= 4 is 39.6 Å². The smallest absolute Gasteiger partial charge is 0.184 e. The highest BCUT2D eigenvalue weighted by Crippen LogP contribution is 2.25. The van der Waals surface area contributed by atoms with Crippen molar-refractivity contribution in [2.24, 2.45) is 0 Å². The van der Waals surface area contributed by atoms with Gasteiger partial charge in [0.25, 0.3) is 0 Å². The van der Waals surface area contributed by atoms with Gasteiger partial charge in [-0.05, 0) is 36.5 Å². The maximum absolute atomic E-state index is 6.16. The molecule has 0 bridgehead atoms. The molecule has 0 aliphatic heterocycles. The summed E-state index contributed by atoms with van der Waals surface area (Å²) in [5.74, 6) is 0. The van der Waals surface area contributed by atoms with E-state index in [-0.39, 0.29) is 0 Å².